The van der Waals surface area contributed by atoms with Crippen molar-refractivity contribution in [3.63, 3.8) is 0 Å². The van der Waals surface area contributed by atoms with Crippen LogP contribution in [0.4, 0.5) is 0 Å². The van der Waals surface area contributed by atoms with Crippen LogP contribution in [0.3, 0.4) is 0 Å². The molecule has 1 aliphatic heterocycles. The van der Waals surface area contributed by atoms with Gasteiger partial charge in [-0.1, -0.05) is 32.6 Å². The second kappa shape index (κ2) is 7.13. The SMILES string of the molecule is CCCCN(C(=O)C1CC2CCCCC2CN1)C(C)(C)C. The highest BCUT2D eigenvalue weighted by molar-refractivity contribution is 5.82. The Morgan fingerprint density at radius 1 is 1.19 bits per heavy atom. The van der Waals surface area contributed by atoms with E-state index >= 15 is 0 Å². The third kappa shape index (κ3) is 4.21. The molecule has 122 valence electrons. The Labute approximate surface area is 130 Å². The van der Waals surface area contributed by atoms with Gasteiger partial charge in [0.1, 0.15) is 0 Å². The van der Waals surface area contributed by atoms with E-state index in [1.54, 1.807) is 0 Å². The molecule has 2 aliphatic rings. The smallest absolute Gasteiger partial charge is 0.240 e. The van der Waals surface area contributed by atoms with E-state index in [0.29, 0.717) is 5.91 Å². The molecule has 3 unspecified atom stereocenters. The highest BCUT2D eigenvalue weighted by Crippen LogP contribution is 2.36. The number of rotatable bonds is 4. The number of unbranched alkanes of at least 4 members (excludes halogenated alkanes) is 1. The number of nitrogens with one attached hydrogen (secondary N) is 1. The van der Waals surface area contributed by atoms with Crippen molar-refractivity contribution in [3.8, 4) is 0 Å². The summed E-state index contributed by atoms with van der Waals surface area (Å²) in [5, 5.41) is 3.56. The zero-order valence-electron chi connectivity index (χ0n) is 14.5. The van der Waals surface area contributed by atoms with E-state index in [9.17, 15) is 4.79 Å². The van der Waals surface area contributed by atoms with E-state index in [1.165, 1.54) is 25.7 Å². The molecular weight excluding hydrogens is 260 g/mol. The van der Waals surface area contributed by atoms with Crippen LogP contribution in [0.2, 0.25) is 0 Å². The summed E-state index contributed by atoms with van der Waals surface area (Å²) in [5.41, 5.74) is -0.0721. The molecule has 0 aromatic rings. The Bertz CT molecular complexity index is 348. The number of hydrogen-bond donors (Lipinski definition) is 1. The molecule has 2 fully saturated rings. The second-order valence-corrected chi connectivity index (χ2v) is 8.02. The van der Waals surface area contributed by atoms with Gasteiger partial charge < -0.3 is 10.2 Å². The van der Waals surface area contributed by atoms with Gasteiger partial charge in [0.2, 0.25) is 5.91 Å². The Hall–Kier alpha value is -0.570. The lowest BCUT2D eigenvalue weighted by Crippen LogP contribution is -2.57. The Balaban J connectivity index is 1.99. The van der Waals surface area contributed by atoms with Crippen LogP contribution in [-0.2, 0) is 4.79 Å². The maximum absolute atomic E-state index is 13.0. The molecule has 21 heavy (non-hydrogen) atoms. The van der Waals surface area contributed by atoms with Gasteiger partial charge in [0.15, 0.2) is 0 Å². The standard InChI is InChI=1S/C18H34N2O/c1-5-6-11-20(18(2,3)4)17(21)16-12-14-9-7-8-10-15(14)13-19-16/h14-16,19H,5-13H2,1-4H3. The summed E-state index contributed by atoms with van der Waals surface area (Å²) in [6.07, 6.45) is 8.73. The van der Waals surface area contributed by atoms with Crippen LogP contribution >= 0.6 is 0 Å². The monoisotopic (exact) mass is 294 g/mol. The quantitative estimate of drug-likeness (QED) is 0.859. The van der Waals surface area contributed by atoms with Crippen molar-refractivity contribution in [1.82, 2.24) is 10.2 Å². The van der Waals surface area contributed by atoms with Crippen molar-refractivity contribution < 1.29 is 4.79 Å². The molecule has 0 aromatic heterocycles. The van der Waals surface area contributed by atoms with Gasteiger partial charge in [0.05, 0.1) is 6.04 Å². The first kappa shape index (κ1) is 16.8. The molecule has 3 nitrogen and oxygen atoms in total. The molecule has 1 N–H and O–H groups in total. The molecule has 1 aliphatic carbocycles. The summed E-state index contributed by atoms with van der Waals surface area (Å²) >= 11 is 0. The first-order valence-corrected chi connectivity index (χ1v) is 8.98. The van der Waals surface area contributed by atoms with Crippen molar-refractivity contribution in [2.45, 2.75) is 84.2 Å². The molecule has 2 rings (SSSR count). The average Bonchev–Trinajstić information content (AvgIpc) is 2.45. The predicted molar refractivity (Wildman–Crippen MR) is 88.2 cm³/mol. The lowest BCUT2D eigenvalue weighted by molar-refractivity contribution is -0.140. The van der Waals surface area contributed by atoms with Gasteiger partial charge in [-0.25, -0.2) is 0 Å². The van der Waals surface area contributed by atoms with Crippen LogP contribution in [0.5, 0.6) is 0 Å². The fraction of sp³-hybridized carbons (Fsp3) is 0.944. The number of nitrogens with zero attached hydrogens (tertiary/aromatic N) is 1. The van der Waals surface area contributed by atoms with Crippen LogP contribution in [-0.4, -0.2) is 35.5 Å². The zero-order valence-corrected chi connectivity index (χ0v) is 14.5. The maximum Gasteiger partial charge on any atom is 0.240 e. The molecule has 0 spiro atoms. The minimum atomic E-state index is -0.0721. The Morgan fingerprint density at radius 3 is 2.48 bits per heavy atom. The second-order valence-electron chi connectivity index (χ2n) is 8.02. The summed E-state index contributed by atoms with van der Waals surface area (Å²) in [6, 6.07) is 0.0560. The first-order chi connectivity index (χ1) is 9.93. The highest BCUT2D eigenvalue weighted by Gasteiger charge is 2.38. The molecule has 0 radical (unpaired) electrons. The van der Waals surface area contributed by atoms with Crippen LogP contribution in [0, 0.1) is 11.8 Å². The number of carbonyl (C=O) groups is 1. The van der Waals surface area contributed by atoms with Gasteiger partial charge in [-0.3, -0.25) is 4.79 Å². The van der Waals surface area contributed by atoms with Crippen molar-refractivity contribution in [2.24, 2.45) is 11.8 Å². The number of carbonyl (C=O) groups excluding carboxylic acids is 1. The average molecular weight is 294 g/mol. The van der Waals surface area contributed by atoms with E-state index in [0.717, 1.165) is 44.2 Å². The fourth-order valence-electron chi connectivity index (χ4n) is 4.01. The molecule has 1 saturated carbocycles. The van der Waals surface area contributed by atoms with Crippen molar-refractivity contribution in [2.75, 3.05) is 13.1 Å². The number of fused-ring (bicyclic) bond motifs is 1. The highest BCUT2D eigenvalue weighted by atomic mass is 16.2. The summed E-state index contributed by atoms with van der Waals surface area (Å²) < 4.78 is 0. The lowest BCUT2D eigenvalue weighted by Gasteiger charge is -2.43. The van der Waals surface area contributed by atoms with Gasteiger partial charge in [0, 0.05) is 12.1 Å². The summed E-state index contributed by atoms with van der Waals surface area (Å²) in [4.78, 5) is 15.1. The molecule has 1 saturated heterocycles. The van der Waals surface area contributed by atoms with Crippen LogP contribution in [0.25, 0.3) is 0 Å². The molecule has 3 heteroatoms. The van der Waals surface area contributed by atoms with E-state index in [-0.39, 0.29) is 11.6 Å². The molecular formula is C18H34N2O. The van der Waals surface area contributed by atoms with Crippen LogP contribution in [0.1, 0.15) is 72.6 Å². The van der Waals surface area contributed by atoms with Crippen LogP contribution < -0.4 is 5.32 Å². The van der Waals surface area contributed by atoms with Gasteiger partial charge >= 0.3 is 0 Å². The Morgan fingerprint density at radius 2 is 1.86 bits per heavy atom. The summed E-state index contributed by atoms with van der Waals surface area (Å²) in [6.45, 7) is 10.6. The molecule has 0 bridgehead atoms. The fourth-order valence-corrected chi connectivity index (χ4v) is 4.01. The van der Waals surface area contributed by atoms with Crippen molar-refractivity contribution in [1.29, 1.82) is 0 Å². The summed E-state index contributed by atoms with van der Waals surface area (Å²) in [7, 11) is 0. The van der Waals surface area contributed by atoms with E-state index in [2.05, 4.69) is 37.9 Å². The number of piperidine rings is 1. The largest absolute Gasteiger partial charge is 0.337 e. The minimum absolute atomic E-state index is 0.0560. The predicted octanol–water partition coefficient (Wildman–Crippen LogP) is 3.58. The lowest BCUT2D eigenvalue weighted by atomic mass is 9.73. The summed E-state index contributed by atoms with van der Waals surface area (Å²) in [5.74, 6) is 1.93. The van der Waals surface area contributed by atoms with E-state index in [4.69, 9.17) is 0 Å². The first-order valence-electron chi connectivity index (χ1n) is 8.98. The third-order valence-corrected chi connectivity index (χ3v) is 5.34. The van der Waals surface area contributed by atoms with Gasteiger partial charge in [0.25, 0.3) is 0 Å². The van der Waals surface area contributed by atoms with Crippen molar-refractivity contribution in [3.05, 3.63) is 0 Å². The maximum atomic E-state index is 13.0. The van der Waals surface area contributed by atoms with Gasteiger partial charge in [-0.15, -0.1) is 0 Å². The Kier molecular flexibility index (Phi) is 5.70. The number of amides is 1. The molecule has 1 heterocycles. The number of hydrogen-bond acceptors (Lipinski definition) is 2. The van der Waals surface area contributed by atoms with Crippen LogP contribution in [0.15, 0.2) is 0 Å². The third-order valence-electron chi connectivity index (χ3n) is 5.34. The minimum Gasteiger partial charge on any atom is -0.337 e. The van der Waals surface area contributed by atoms with E-state index in [1.807, 2.05) is 0 Å². The topological polar surface area (TPSA) is 32.3 Å². The van der Waals surface area contributed by atoms with Gasteiger partial charge in [-0.2, -0.15) is 0 Å². The van der Waals surface area contributed by atoms with Crippen molar-refractivity contribution >= 4 is 5.91 Å². The zero-order chi connectivity index (χ0) is 15.5. The van der Waals surface area contributed by atoms with Gasteiger partial charge in [-0.05, 0) is 58.4 Å². The molecule has 3 atom stereocenters. The molecule has 1 amide bonds. The van der Waals surface area contributed by atoms with E-state index < -0.39 is 0 Å². The normalized spacial score (nSPS) is 29.8. The molecule has 0 aromatic carbocycles.